The molecule has 3 aromatic rings. The van der Waals surface area contributed by atoms with Crippen molar-refractivity contribution in [1.82, 2.24) is 5.32 Å². The monoisotopic (exact) mass is 385 g/mol. The number of carboxylic acids is 1. The van der Waals surface area contributed by atoms with Gasteiger partial charge in [-0.05, 0) is 29.3 Å². The first-order chi connectivity index (χ1) is 14.0. The van der Waals surface area contributed by atoms with Gasteiger partial charge in [0.1, 0.15) is 5.54 Å². The number of benzene rings is 3. The average molecular weight is 385 g/mol. The van der Waals surface area contributed by atoms with E-state index < -0.39 is 17.4 Å². The Balaban J connectivity index is 1.61. The van der Waals surface area contributed by atoms with Crippen LogP contribution in [-0.4, -0.2) is 28.3 Å². The maximum atomic E-state index is 12.7. The molecule has 0 heterocycles. The van der Waals surface area contributed by atoms with Gasteiger partial charge in [0, 0.05) is 29.5 Å². The van der Waals surface area contributed by atoms with E-state index in [1.165, 1.54) is 0 Å². The molecule has 1 aliphatic rings. The molecule has 0 fully saturated rings. The summed E-state index contributed by atoms with van der Waals surface area (Å²) in [5.41, 5.74) is 1.65. The predicted octanol–water partition coefficient (Wildman–Crippen LogP) is 3.27. The number of amides is 1. The zero-order chi connectivity index (χ0) is 20.4. The predicted molar refractivity (Wildman–Crippen MR) is 108 cm³/mol. The van der Waals surface area contributed by atoms with Crippen LogP contribution in [0.3, 0.4) is 0 Å². The summed E-state index contributed by atoms with van der Waals surface area (Å²) >= 11 is 0. The maximum Gasteiger partial charge on any atom is 0.330 e. The normalized spacial score (nSPS) is 17.4. The number of carboxylic acid groups (broad SMARTS) is 1. The second kappa shape index (κ2) is 7.36. The lowest BCUT2D eigenvalue weighted by molar-refractivity contribution is -0.144. The standard InChI is InChI=1S/C24H19NO4/c26-21(16-7-3-1-4-8-16)18-11-12-19-14-24(23(28)29,15-20(19)13-18)25-22(27)17-9-5-2-6-10-17/h1-13H,14-15H2,(H,25,27)(H,28,29). The number of rotatable bonds is 5. The quantitative estimate of drug-likeness (QED) is 0.661. The van der Waals surface area contributed by atoms with Crippen LogP contribution in [0, 0.1) is 0 Å². The molecule has 2 N–H and O–H groups in total. The van der Waals surface area contributed by atoms with Crippen molar-refractivity contribution >= 4 is 17.7 Å². The summed E-state index contributed by atoms with van der Waals surface area (Å²) in [5, 5.41) is 12.6. The highest BCUT2D eigenvalue weighted by atomic mass is 16.4. The van der Waals surface area contributed by atoms with E-state index in [-0.39, 0.29) is 18.6 Å². The Kier molecular flexibility index (Phi) is 4.72. The molecular weight excluding hydrogens is 366 g/mol. The largest absolute Gasteiger partial charge is 0.479 e. The molecule has 1 unspecified atom stereocenters. The minimum atomic E-state index is -1.43. The molecule has 3 aromatic carbocycles. The molecule has 1 amide bonds. The van der Waals surface area contributed by atoms with Crippen molar-refractivity contribution in [2.45, 2.75) is 18.4 Å². The highest BCUT2D eigenvalue weighted by Crippen LogP contribution is 2.32. The van der Waals surface area contributed by atoms with Crippen LogP contribution in [0.4, 0.5) is 0 Å². The van der Waals surface area contributed by atoms with Gasteiger partial charge in [-0.3, -0.25) is 9.59 Å². The number of nitrogens with one attached hydrogen (secondary N) is 1. The van der Waals surface area contributed by atoms with E-state index >= 15 is 0 Å². The first-order valence-electron chi connectivity index (χ1n) is 9.31. The van der Waals surface area contributed by atoms with Gasteiger partial charge in [-0.1, -0.05) is 60.7 Å². The summed E-state index contributed by atoms with van der Waals surface area (Å²) in [6.07, 6.45) is 0.308. The van der Waals surface area contributed by atoms with Gasteiger partial charge in [-0.2, -0.15) is 0 Å². The Morgan fingerprint density at radius 1 is 0.724 bits per heavy atom. The Morgan fingerprint density at radius 2 is 1.31 bits per heavy atom. The Morgan fingerprint density at radius 3 is 1.93 bits per heavy atom. The second-order valence-corrected chi connectivity index (χ2v) is 7.24. The van der Waals surface area contributed by atoms with Crippen LogP contribution in [0.5, 0.6) is 0 Å². The van der Waals surface area contributed by atoms with Gasteiger partial charge in [0.15, 0.2) is 5.78 Å². The smallest absolute Gasteiger partial charge is 0.330 e. The summed E-state index contributed by atoms with van der Waals surface area (Å²) in [4.78, 5) is 37.4. The highest BCUT2D eigenvalue weighted by Gasteiger charge is 2.45. The fourth-order valence-electron chi connectivity index (χ4n) is 3.75. The zero-order valence-electron chi connectivity index (χ0n) is 15.6. The van der Waals surface area contributed by atoms with Crippen LogP contribution in [0.25, 0.3) is 0 Å². The lowest BCUT2D eigenvalue weighted by atomic mass is 9.95. The molecule has 0 aliphatic heterocycles. The molecule has 0 bridgehead atoms. The summed E-state index contributed by atoms with van der Waals surface area (Å²) in [5.74, 6) is -1.63. The average Bonchev–Trinajstić information content (AvgIpc) is 3.13. The number of hydrogen-bond acceptors (Lipinski definition) is 3. The third-order valence-electron chi connectivity index (χ3n) is 5.29. The van der Waals surface area contributed by atoms with Gasteiger partial charge >= 0.3 is 5.97 Å². The number of ketones is 1. The fraction of sp³-hybridized carbons (Fsp3) is 0.125. The number of carbonyl (C=O) groups excluding carboxylic acids is 2. The summed E-state index contributed by atoms with van der Waals surface area (Å²) in [7, 11) is 0. The Hall–Kier alpha value is -3.73. The highest BCUT2D eigenvalue weighted by molar-refractivity contribution is 6.09. The van der Waals surface area contributed by atoms with E-state index in [1.54, 1.807) is 72.8 Å². The van der Waals surface area contributed by atoms with Crippen molar-refractivity contribution in [3.63, 3.8) is 0 Å². The van der Waals surface area contributed by atoms with E-state index in [0.717, 1.165) is 11.1 Å². The van der Waals surface area contributed by atoms with Gasteiger partial charge in [0.25, 0.3) is 5.91 Å². The molecular formula is C24H19NO4. The molecule has 0 saturated carbocycles. The molecule has 0 spiro atoms. The van der Waals surface area contributed by atoms with Gasteiger partial charge in [-0.15, -0.1) is 0 Å². The first kappa shape index (κ1) is 18.6. The lowest BCUT2D eigenvalue weighted by Crippen LogP contribution is -2.55. The van der Waals surface area contributed by atoms with Crippen LogP contribution in [0.2, 0.25) is 0 Å². The van der Waals surface area contributed by atoms with Crippen molar-refractivity contribution in [1.29, 1.82) is 0 Å². The molecule has 0 aromatic heterocycles. The Labute approximate surface area is 168 Å². The van der Waals surface area contributed by atoms with E-state index in [0.29, 0.717) is 16.7 Å². The van der Waals surface area contributed by atoms with Crippen molar-refractivity contribution in [2.75, 3.05) is 0 Å². The van der Waals surface area contributed by atoms with E-state index in [2.05, 4.69) is 5.32 Å². The van der Waals surface area contributed by atoms with Crippen molar-refractivity contribution in [3.05, 3.63) is 107 Å². The number of aliphatic carboxylic acids is 1. The molecule has 0 radical (unpaired) electrons. The van der Waals surface area contributed by atoms with Crippen LogP contribution in [0.1, 0.15) is 37.4 Å². The molecule has 1 atom stereocenters. The SMILES string of the molecule is O=C(NC1(C(=O)O)Cc2ccc(C(=O)c3ccccc3)cc2C1)c1ccccc1. The van der Waals surface area contributed by atoms with E-state index in [4.69, 9.17) is 0 Å². The van der Waals surface area contributed by atoms with E-state index in [1.807, 2.05) is 6.07 Å². The van der Waals surface area contributed by atoms with Gasteiger partial charge in [0.05, 0.1) is 0 Å². The first-order valence-corrected chi connectivity index (χ1v) is 9.31. The zero-order valence-corrected chi connectivity index (χ0v) is 15.6. The molecule has 29 heavy (non-hydrogen) atoms. The second-order valence-electron chi connectivity index (χ2n) is 7.24. The van der Waals surface area contributed by atoms with Crippen molar-refractivity contribution in [3.8, 4) is 0 Å². The van der Waals surface area contributed by atoms with Crippen LogP contribution >= 0.6 is 0 Å². The van der Waals surface area contributed by atoms with Crippen LogP contribution in [0.15, 0.2) is 78.9 Å². The van der Waals surface area contributed by atoms with Gasteiger partial charge in [-0.25, -0.2) is 4.79 Å². The van der Waals surface area contributed by atoms with Crippen molar-refractivity contribution < 1.29 is 19.5 Å². The molecule has 4 rings (SSSR count). The van der Waals surface area contributed by atoms with Crippen molar-refractivity contribution in [2.24, 2.45) is 0 Å². The third kappa shape index (κ3) is 3.55. The fourth-order valence-corrected chi connectivity index (χ4v) is 3.75. The summed E-state index contributed by atoms with van der Waals surface area (Å²) in [6, 6.07) is 22.7. The Bertz CT molecular complexity index is 1090. The third-order valence-corrected chi connectivity index (χ3v) is 5.29. The molecule has 0 saturated heterocycles. The molecule has 144 valence electrons. The lowest BCUT2D eigenvalue weighted by Gasteiger charge is -2.25. The molecule has 5 heteroatoms. The molecule has 5 nitrogen and oxygen atoms in total. The van der Waals surface area contributed by atoms with Gasteiger partial charge in [0.2, 0.25) is 0 Å². The summed E-state index contributed by atoms with van der Waals surface area (Å²) in [6.45, 7) is 0. The van der Waals surface area contributed by atoms with Crippen LogP contribution in [-0.2, 0) is 17.6 Å². The van der Waals surface area contributed by atoms with Gasteiger partial charge < -0.3 is 10.4 Å². The number of fused-ring (bicyclic) bond motifs is 1. The topological polar surface area (TPSA) is 83.5 Å². The minimum absolute atomic E-state index is 0.116. The summed E-state index contributed by atoms with van der Waals surface area (Å²) < 4.78 is 0. The maximum absolute atomic E-state index is 12.7. The number of hydrogen-bond donors (Lipinski definition) is 2. The van der Waals surface area contributed by atoms with Crippen LogP contribution < -0.4 is 5.32 Å². The molecule has 1 aliphatic carbocycles. The van der Waals surface area contributed by atoms with E-state index in [9.17, 15) is 19.5 Å². The number of carbonyl (C=O) groups is 3. The minimum Gasteiger partial charge on any atom is -0.479 e.